The predicted octanol–water partition coefficient (Wildman–Crippen LogP) is 1.92. The number of aromatic nitrogens is 1. The van der Waals surface area contributed by atoms with Gasteiger partial charge in [0, 0.05) is 11.8 Å². The number of carbonyl (C=O) groups is 2. The van der Waals surface area contributed by atoms with E-state index in [0.717, 1.165) is 0 Å². The average molecular weight is 232 g/mol. The second-order valence-electron chi connectivity index (χ2n) is 2.51. The summed E-state index contributed by atoms with van der Waals surface area (Å²) in [7, 11) is 0. The lowest BCUT2D eigenvalue weighted by Gasteiger charge is -2.02. The minimum Gasteiger partial charge on any atom is -0.293 e. The van der Waals surface area contributed by atoms with E-state index >= 15 is 0 Å². The Bertz CT molecular complexity index is 331. The van der Waals surface area contributed by atoms with Crippen molar-refractivity contribution in [3.05, 3.63) is 29.6 Å². The zero-order valence-electron chi connectivity index (χ0n) is 7.17. The molecule has 0 spiro atoms. The van der Waals surface area contributed by atoms with Crippen LogP contribution >= 0.6 is 23.2 Å². The van der Waals surface area contributed by atoms with E-state index in [9.17, 15) is 9.59 Å². The Balaban J connectivity index is 3.15. The van der Waals surface area contributed by atoms with Crippen LogP contribution in [0.25, 0.3) is 0 Å². The van der Waals surface area contributed by atoms with Crippen LogP contribution in [0.3, 0.4) is 0 Å². The van der Waals surface area contributed by atoms with Gasteiger partial charge in [-0.3, -0.25) is 14.6 Å². The third kappa shape index (κ3) is 2.30. The molecule has 0 fully saturated rings. The summed E-state index contributed by atoms with van der Waals surface area (Å²) in [6.07, 6.45) is 1.44. The normalized spacial score (nSPS) is 9.86. The quantitative estimate of drug-likeness (QED) is 0.588. The monoisotopic (exact) mass is 231 g/mol. The van der Waals surface area contributed by atoms with Crippen molar-refractivity contribution >= 4 is 34.8 Å². The summed E-state index contributed by atoms with van der Waals surface area (Å²) in [5.74, 6) is -1.07. The molecule has 0 saturated carbocycles. The molecule has 1 rings (SSSR count). The SMILES string of the molecule is O=C(CCl)c1cccnc1C(=O)CCl. The highest BCUT2D eigenvalue weighted by Gasteiger charge is 2.16. The van der Waals surface area contributed by atoms with E-state index in [0.29, 0.717) is 0 Å². The van der Waals surface area contributed by atoms with Gasteiger partial charge in [-0.2, -0.15) is 0 Å². The molecule has 0 radical (unpaired) electrons. The summed E-state index contributed by atoms with van der Waals surface area (Å²) in [6, 6.07) is 3.09. The van der Waals surface area contributed by atoms with Crippen molar-refractivity contribution in [3.8, 4) is 0 Å². The summed E-state index contributed by atoms with van der Waals surface area (Å²) in [5, 5.41) is 0. The maximum atomic E-state index is 11.3. The highest BCUT2D eigenvalue weighted by atomic mass is 35.5. The number of ketones is 2. The molecule has 0 aliphatic heterocycles. The van der Waals surface area contributed by atoms with Crippen molar-refractivity contribution < 1.29 is 9.59 Å². The molecule has 0 unspecified atom stereocenters. The molecule has 74 valence electrons. The number of hydrogen-bond acceptors (Lipinski definition) is 3. The number of carbonyl (C=O) groups excluding carboxylic acids is 2. The Morgan fingerprint density at radius 2 is 1.86 bits per heavy atom. The second-order valence-corrected chi connectivity index (χ2v) is 3.05. The lowest BCUT2D eigenvalue weighted by atomic mass is 10.1. The number of Topliss-reactive ketones (excluding diaryl/α,β-unsaturated/α-hetero) is 2. The molecule has 0 aromatic carbocycles. The van der Waals surface area contributed by atoms with E-state index in [-0.39, 0.29) is 34.6 Å². The molecule has 0 aliphatic carbocycles. The zero-order chi connectivity index (χ0) is 10.6. The fourth-order valence-electron chi connectivity index (χ4n) is 0.988. The highest BCUT2D eigenvalue weighted by molar-refractivity contribution is 6.33. The van der Waals surface area contributed by atoms with Crippen LogP contribution in [0.2, 0.25) is 0 Å². The number of alkyl halides is 2. The fraction of sp³-hybridized carbons (Fsp3) is 0.222. The van der Waals surface area contributed by atoms with Crippen LogP contribution in [0.5, 0.6) is 0 Å². The van der Waals surface area contributed by atoms with Crippen LogP contribution in [0.15, 0.2) is 18.3 Å². The van der Waals surface area contributed by atoms with Crippen LogP contribution < -0.4 is 0 Å². The summed E-state index contributed by atoms with van der Waals surface area (Å²) in [5.41, 5.74) is 0.321. The highest BCUT2D eigenvalue weighted by Crippen LogP contribution is 2.09. The molecule has 3 nitrogen and oxygen atoms in total. The van der Waals surface area contributed by atoms with Gasteiger partial charge in [0.2, 0.25) is 0 Å². The maximum Gasteiger partial charge on any atom is 0.196 e. The van der Waals surface area contributed by atoms with Gasteiger partial charge >= 0.3 is 0 Å². The van der Waals surface area contributed by atoms with Crippen molar-refractivity contribution in [1.82, 2.24) is 4.98 Å². The minimum atomic E-state index is -0.374. The molecule has 0 amide bonds. The Kier molecular flexibility index (Phi) is 4.04. The molecule has 1 heterocycles. The van der Waals surface area contributed by atoms with E-state index in [1.807, 2.05) is 0 Å². The molecule has 0 aliphatic rings. The van der Waals surface area contributed by atoms with Gasteiger partial charge in [0.1, 0.15) is 5.69 Å². The predicted molar refractivity (Wildman–Crippen MR) is 54.3 cm³/mol. The van der Waals surface area contributed by atoms with Gasteiger partial charge in [-0.05, 0) is 12.1 Å². The number of nitrogens with zero attached hydrogens (tertiary/aromatic N) is 1. The van der Waals surface area contributed by atoms with Crippen molar-refractivity contribution in [1.29, 1.82) is 0 Å². The van der Waals surface area contributed by atoms with Crippen molar-refractivity contribution in [2.75, 3.05) is 11.8 Å². The Morgan fingerprint density at radius 3 is 2.43 bits per heavy atom. The third-order valence-electron chi connectivity index (χ3n) is 1.61. The van der Waals surface area contributed by atoms with E-state index in [1.165, 1.54) is 12.3 Å². The Morgan fingerprint density at radius 1 is 1.21 bits per heavy atom. The number of halogens is 2. The van der Waals surface area contributed by atoms with Crippen molar-refractivity contribution in [2.24, 2.45) is 0 Å². The molecule has 1 aromatic heterocycles. The minimum absolute atomic E-state index is 0.0909. The first-order chi connectivity index (χ1) is 6.70. The topological polar surface area (TPSA) is 47.0 Å². The standard InChI is InChI=1S/C9H7Cl2NO2/c10-4-7(13)6-2-1-3-12-9(6)8(14)5-11/h1-3H,4-5H2. The molecule has 0 saturated heterocycles. The average Bonchev–Trinajstić information content (AvgIpc) is 2.27. The van der Waals surface area contributed by atoms with Crippen LogP contribution in [-0.2, 0) is 0 Å². The lowest BCUT2D eigenvalue weighted by Crippen LogP contribution is -2.12. The largest absolute Gasteiger partial charge is 0.293 e. The van der Waals surface area contributed by atoms with E-state index in [4.69, 9.17) is 23.2 Å². The lowest BCUT2D eigenvalue weighted by molar-refractivity contribution is 0.0980. The van der Waals surface area contributed by atoms with Crippen LogP contribution in [0, 0.1) is 0 Å². The molecular formula is C9H7Cl2NO2. The number of pyridine rings is 1. The molecule has 5 heteroatoms. The van der Waals surface area contributed by atoms with Crippen LogP contribution in [-0.4, -0.2) is 28.3 Å². The maximum absolute atomic E-state index is 11.3. The number of rotatable bonds is 4. The van der Waals surface area contributed by atoms with Crippen molar-refractivity contribution in [3.63, 3.8) is 0 Å². The van der Waals surface area contributed by atoms with Gasteiger partial charge in [0.25, 0.3) is 0 Å². The van der Waals surface area contributed by atoms with Crippen LogP contribution in [0.1, 0.15) is 20.8 Å². The Labute approximate surface area is 91.0 Å². The van der Waals surface area contributed by atoms with Gasteiger partial charge in [-0.15, -0.1) is 23.2 Å². The summed E-state index contributed by atoms with van der Waals surface area (Å²) in [6.45, 7) is 0. The first-order valence-electron chi connectivity index (χ1n) is 3.84. The molecule has 0 bridgehead atoms. The van der Waals surface area contributed by atoms with Gasteiger partial charge in [0.05, 0.1) is 11.8 Å². The van der Waals surface area contributed by atoms with E-state index in [1.54, 1.807) is 6.07 Å². The summed E-state index contributed by atoms with van der Waals surface area (Å²) in [4.78, 5) is 26.4. The first kappa shape index (κ1) is 11.1. The van der Waals surface area contributed by atoms with Gasteiger partial charge in [-0.25, -0.2) is 0 Å². The molecule has 0 atom stereocenters. The molecular weight excluding hydrogens is 225 g/mol. The summed E-state index contributed by atoms with van der Waals surface area (Å²) >= 11 is 10.8. The smallest absolute Gasteiger partial charge is 0.196 e. The fourth-order valence-corrected chi connectivity index (χ4v) is 1.26. The van der Waals surface area contributed by atoms with E-state index in [2.05, 4.69) is 4.98 Å². The summed E-state index contributed by atoms with van der Waals surface area (Å²) < 4.78 is 0. The third-order valence-corrected chi connectivity index (χ3v) is 2.10. The van der Waals surface area contributed by atoms with Gasteiger partial charge in [-0.1, -0.05) is 0 Å². The Hall–Kier alpha value is -0.930. The second kappa shape index (κ2) is 5.08. The first-order valence-corrected chi connectivity index (χ1v) is 4.91. The molecule has 1 aromatic rings. The van der Waals surface area contributed by atoms with Crippen molar-refractivity contribution in [2.45, 2.75) is 0 Å². The molecule has 14 heavy (non-hydrogen) atoms. The van der Waals surface area contributed by atoms with E-state index < -0.39 is 0 Å². The number of hydrogen-bond donors (Lipinski definition) is 0. The van der Waals surface area contributed by atoms with Gasteiger partial charge < -0.3 is 0 Å². The van der Waals surface area contributed by atoms with Gasteiger partial charge in [0.15, 0.2) is 11.6 Å². The van der Waals surface area contributed by atoms with Crippen LogP contribution in [0.4, 0.5) is 0 Å². The molecule has 0 N–H and O–H groups in total. The zero-order valence-corrected chi connectivity index (χ0v) is 8.68.